The largest absolute Gasteiger partial charge is 0.444 e. The molecule has 2 aliphatic carbocycles. The van der Waals surface area contributed by atoms with Gasteiger partial charge in [-0.1, -0.05) is 0 Å². The van der Waals surface area contributed by atoms with Crippen LogP contribution < -0.4 is 16.0 Å². The Morgan fingerprint density at radius 3 is 1.78 bits per heavy atom. The van der Waals surface area contributed by atoms with Crippen LogP contribution in [0.5, 0.6) is 0 Å². The fourth-order valence-electron chi connectivity index (χ4n) is 6.29. The summed E-state index contributed by atoms with van der Waals surface area (Å²) in [5.74, 6) is -0.806. The van der Waals surface area contributed by atoms with Crippen LogP contribution in [0.3, 0.4) is 0 Å². The van der Waals surface area contributed by atoms with Gasteiger partial charge in [-0.25, -0.2) is 14.4 Å². The first-order valence-corrected chi connectivity index (χ1v) is 16.9. The summed E-state index contributed by atoms with van der Waals surface area (Å²) in [4.78, 5) is 52.2. The van der Waals surface area contributed by atoms with Gasteiger partial charge in [0.15, 0.2) is 6.29 Å². The van der Waals surface area contributed by atoms with Crippen molar-refractivity contribution < 1.29 is 63.3 Å². The fraction of sp³-hybridized carbons (Fsp3) is 0.879. The zero-order valence-corrected chi connectivity index (χ0v) is 31.1. The van der Waals surface area contributed by atoms with Crippen LogP contribution in [0.1, 0.15) is 94.9 Å². The van der Waals surface area contributed by atoms with Crippen LogP contribution in [-0.2, 0) is 28.5 Å². The average Bonchev–Trinajstić information content (AvgIpc) is 2.87. The number of alkyl carbamates (subject to hydrolysis) is 2. The summed E-state index contributed by atoms with van der Waals surface area (Å²) >= 11 is 0. The van der Waals surface area contributed by atoms with Crippen molar-refractivity contribution in [2.75, 3.05) is 13.7 Å². The molecule has 2 saturated carbocycles. The van der Waals surface area contributed by atoms with E-state index in [1.54, 1.807) is 62.3 Å². The smallest absolute Gasteiger partial charge is 0.410 e. The quantitative estimate of drug-likeness (QED) is 0.183. The number of amides is 4. The first-order chi connectivity index (χ1) is 22.6. The molecule has 0 radical (unpaired) electrons. The Kier molecular flexibility index (Phi) is 12.4. The second kappa shape index (κ2) is 14.9. The first-order valence-electron chi connectivity index (χ1n) is 16.9. The van der Waals surface area contributed by atoms with Crippen LogP contribution >= 0.6 is 0 Å². The van der Waals surface area contributed by atoms with Gasteiger partial charge in [0.05, 0.1) is 24.8 Å². The predicted octanol–water partition coefficient (Wildman–Crippen LogP) is 1.03. The maximum absolute atomic E-state index is 13.5. The number of ether oxygens (including phenoxy) is 5. The second-order valence-electron chi connectivity index (χ2n) is 16.9. The number of carbonyl (C=O) groups excluding carboxylic acids is 4. The number of hydrogen-bond acceptors (Lipinski definition) is 13. The van der Waals surface area contributed by atoms with E-state index in [2.05, 4.69) is 16.0 Å². The predicted molar refractivity (Wildman–Crippen MR) is 177 cm³/mol. The summed E-state index contributed by atoms with van der Waals surface area (Å²) < 4.78 is 27.8. The number of nitrogens with zero attached hydrogens (tertiary/aromatic N) is 1. The van der Waals surface area contributed by atoms with E-state index >= 15 is 0 Å². The SMILES string of the molecule is CN(C(=O)OC(C)(C)C)[C@@H]1[C@@H](O)[C@@H](O[C@@H]2[C@@H](O)C[C@@H](NC(=O)OC(C)(C)C)C[C@H]2NC(=O)C2(O)CC(NC(=O)OC(C)(C)C)C2)OC[C@]1(C)O. The number of rotatable bonds is 7. The van der Waals surface area contributed by atoms with Gasteiger partial charge in [-0.3, -0.25) is 4.79 Å². The molecule has 0 aromatic heterocycles. The van der Waals surface area contributed by atoms with Crippen LogP contribution in [0.25, 0.3) is 0 Å². The fourth-order valence-corrected chi connectivity index (χ4v) is 6.29. The number of nitrogens with one attached hydrogen (secondary N) is 3. The van der Waals surface area contributed by atoms with Crippen LogP contribution in [0.15, 0.2) is 0 Å². The van der Waals surface area contributed by atoms with E-state index in [4.69, 9.17) is 23.7 Å². The van der Waals surface area contributed by atoms with Crippen molar-refractivity contribution in [2.45, 2.75) is 172 Å². The van der Waals surface area contributed by atoms with E-state index < -0.39 is 101 Å². The number of carbonyl (C=O) groups is 4. The summed E-state index contributed by atoms with van der Waals surface area (Å²) in [6.45, 7) is 16.2. The van der Waals surface area contributed by atoms with E-state index in [-0.39, 0.29) is 32.3 Å². The lowest BCUT2D eigenvalue weighted by molar-refractivity contribution is -0.301. The molecule has 1 heterocycles. The molecule has 0 aromatic carbocycles. The van der Waals surface area contributed by atoms with E-state index in [9.17, 15) is 39.6 Å². The number of likely N-dealkylation sites (N-methyl/N-ethyl adjacent to an activating group) is 1. The minimum absolute atomic E-state index is 0.0180. The zero-order chi connectivity index (χ0) is 38.2. The molecular formula is C33H58N4O13. The highest BCUT2D eigenvalue weighted by atomic mass is 16.7. The van der Waals surface area contributed by atoms with Gasteiger partial charge in [-0.2, -0.15) is 0 Å². The highest BCUT2D eigenvalue weighted by molar-refractivity contribution is 5.87. The molecule has 1 saturated heterocycles. The Morgan fingerprint density at radius 2 is 1.28 bits per heavy atom. The van der Waals surface area contributed by atoms with Crippen LogP contribution in [-0.4, -0.2) is 140 Å². The Hall–Kier alpha value is -2.96. The van der Waals surface area contributed by atoms with Gasteiger partial charge < -0.3 is 65.0 Å². The van der Waals surface area contributed by atoms with Crippen molar-refractivity contribution in [3.8, 4) is 0 Å². The Labute approximate surface area is 293 Å². The Balaban J connectivity index is 1.79. The summed E-state index contributed by atoms with van der Waals surface area (Å²) in [5, 5.41) is 53.0. The molecule has 1 aliphatic heterocycles. The summed E-state index contributed by atoms with van der Waals surface area (Å²) in [5.41, 5.74) is -6.00. The van der Waals surface area contributed by atoms with Crippen molar-refractivity contribution in [3.05, 3.63) is 0 Å². The summed E-state index contributed by atoms with van der Waals surface area (Å²) in [6, 6.07) is -3.56. The molecule has 288 valence electrons. The number of hydrogen-bond donors (Lipinski definition) is 7. The third kappa shape index (κ3) is 11.3. The molecule has 0 spiro atoms. The van der Waals surface area contributed by atoms with Crippen molar-refractivity contribution in [3.63, 3.8) is 0 Å². The molecule has 0 unspecified atom stereocenters. The van der Waals surface area contributed by atoms with Crippen LogP contribution in [0, 0.1) is 0 Å². The van der Waals surface area contributed by atoms with E-state index in [0.717, 1.165) is 4.90 Å². The molecule has 17 nitrogen and oxygen atoms in total. The summed E-state index contributed by atoms with van der Waals surface area (Å²) in [7, 11) is 1.36. The lowest BCUT2D eigenvalue weighted by atomic mass is 9.74. The third-order valence-corrected chi connectivity index (χ3v) is 8.36. The molecule has 3 aliphatic rings. The zero-order valence-electron chi connectivity index (χ0n) is 31.1. The van der Waals surface area contributed by atoms with Crippen LogP contribution in [0.4, 0.5) is 14.4 Å². The lowest BCUT2D eigenvalue weighted by Gasteiger charge is -2.49. The molecular weight excluding hydrogens is 660 g/mol. The second-order valence-corrected chi connectivity index (χ2v) is 16.9. The molecule has 50 heavy (non-hydrogen) atoms. The molecule has 0 bridgehead atoms. The monoisotopic (exact) mass is 718 g/mol. The van der Waals surface area contributed by atoms with Gasteiger partial charge in [0.1, 0.15) is 40.2 Å². The summed E-state index contributed by atoms with van der Waals surface area (Å²) in [6.07, 6.45) is -8.21. The van der Waals surface area contributed by atoms with Crippen molar-refractivity contribution in [2.24, 2.45) is 0 Å². The highest BCUT2D eigenvalue weighted by Crippen LogP contribution is 2.35. The Bertz CT molecular complexity index is 1240. The van der Waals surface area contributed by atoms with Gasteiger partial charge in [0.25, 0.3) is 5.91 Å². The van der Waals surface area contributed by atoms with E-state index in [1.165, 1.54) is 14.0 Å². The first kappa shape index (κ1) is 41.5. The molecule has 3 rings (SSSR count). The Morgan fingerprint density at radius 1 is 0.780 bits per heavy atom. The molecule has 8 atom stereocenters. The van der Waals surface area contributed by atoms with Crippen molar-refractivity contribution >= 4 is 24.2 Å². The average molecular weight is 719 g/mol. The molecule has 3 fully saturated rings. The third-order valence-electron chi connectivity index (χ3n) is 8.36. The highest BCUT2D eigenvalue weighted by Gasteiger charge is 2.54. The minimum Gasteiger partial charge on any atom is -0.444 e. The maximum atomic E-state index is 13.5. The minimum atomic E-state index is -1.87. The standard InChI is InChI=1S/C33H58N4O13/c1-29(2,3)48-26(41)34-17-12-19(36-25(40)33(45)14-18(15-33)35-27(42)49-30(4,5)6)22(20(38)13-17)47-24-21(39)23(32(10,44)16-46-24)37(11)28(43)50-31(7,8)9/h17-24,38-39,44-45H,12-16H2,1-11H3,(H,34,41)(H,35,42)(H,36,40)/t17-,18?,19+,20-,21+,22-,23+,24+,32-,33?/m0/s1. The van der Waals surface area contributed by atoms with Crippen molar-refractivity contribution in [1.29, 1.82) is 0 Å². The molecule has 0 aromatic rings. The maximum Gasteiger partial charge on any atom is 0.410 e. The van der Waals surface area contributed by atoms with Crippen LogP contribution in [0.2, 0.25) is 0 Å². The molecule has 4 amide bonds. The van der Waals surface area contributed by atoms with Gasteiger partial charge in [-0.05, 0) is 82.1 Å². The topological polar surface area (TPSA) is 235 Å². The number of aliphatic hydroxyl groups is 4. The van der Waals surface area contributed by atoms with Gasteiger partial charge in [0, 0.05) is 32.0 Å². The normalized spacial score (nSPS) is 34.8. The van der Waals surface area contributed by atoms with Crippen molar-refractivity contribution in [1.82, 2.24) is 20.9 Å². The number of aliphatic hydroxyl groups excluding tert-OH is 2. The van der Waals surface area contributed by atoms with Gasteiger partial charge in [-0.15, -0.1) is 0 Å². The molecule has 17 heteroatoms. The van der Waals surface area contributed by atoms with E-state index in [0.29, 0.717) is 0 Å². The van der Waals surface area contributed by atoms with Gasteiger partial charge >= 0.3 is 18.3 Å². The molecule has 7 N–H and O–H groups in total. The van der Waals surface area contributed by atoms with E-state index in [1.807, 2.05) is 0 Å². The lowest BCUT2D eigenvalue weighted by Crippen LogP contribution is -2.69. The van der Waals surface area contributed by atoms with Gasteiger partial charge in [0.2, 0.25) is 0 Å².